The number of nitrogens with one attached hydrogen (secondary N) is 1. The Morgan fingerprint density at radius 3 is 2.43 bits per heavy atom. The molecule has 0 unspecified atom stereocenters. The first kappa shape index (κ1) is 32.7. The van der Waals surface area contributed by atoms with Crippen LogP contribution in [0.15, 0.2) is 85.0 Å². The van der Waals surface area contributed by atoms with Crippen LogP contribution in [0, 0.1) is 11.8 Å². The lowest BCUT2D eigenvalue weighted by molar-refractivity contribution is -0.162. The molecule has 10 heteroatoms. The summed E-state index contributed by atoms with van der Waals surface area (Å²) in [7, 11) is 0. The number of cyclic esters (lactones) is 1. The Morgan fingerprint density at radius 2 is 1.72 bits per heavy atom. The molecule has 0 radical (unpaired) electrons. The average molecular weight is 642 g/mol. The number of ether oxygens (including phenoxy) is 2. The van der Waals surface area contributed by atoms with Crippen molar-refractivity contribution in [1.82, 2.24) is 15.1 Å². The molecule has 8 atom stereocenters. The Kier molecular flexibility index (Phi) is 9.61. The zero-order valence-corrected chi connectivity index (χ0v) is 26.9. The van der Waals surface area contributed by atoms with Crippen molar-refractivity contribution in [3.63, 3.8) is 0 Å². The second-order valence-electron chi connectivity index (χ2n) is 12.8. The molecule has 5 bridgehead atoms. The zero-order chi connectivity index (χ0) is 33.1. The molecule has 3 amide bonds. The Labute approximate surface area is 275 Å². The number of hydrogen-bond donors (Lipinski definition) is 2. The fourth-order valence-corrected chi connectivity index (χ4v) is 7.58. The van der Waals surface area contributed by atoms with Crippen molar-refractivity contribution in [3.8, 4) is 0 Å². The smallest absolute Gasteiger partial charge is 0.313 e. The lowest BCUT2D eigenvalue weighted by atomic mass is 9.74. The van der Waals surface area contributed by atoms with Crippen LogP contribution in [0.2, 0.25) is 0 Å². The summed E-state index contributed by atoms with van der Waals surface area (Å²) in [5, 5.41) is 13.8. The quantitative estimate of drug-likeness (QED) is 0.350. The van der Waals surface area contributed by atoms with Crippen LogP contribution in [-0.2, 0) is 28.7 Å². The van der Waals surface area contributed by atoms with Gasteiger partial charge in [0.25, 0.3) is 0 Å². The summed E-state index contributed by atoms with van der Waals surface area (Å²) in [6, 6.07) is 15.8. The highest BCUT2D eigenvalue weighted by Crippen LogP contribution is 2.57. The van der Waals surface area contributed by atoms with Gasteiger partial charge in [-0.2, -0.15) is 0 Å². The van der Waals surface area contributed by atoms with Gasteiger partial charge in [-0.1, -0.05) is 98.3 Å². The lowest BCUT2D eigenvalue weighted by Gasteiger charge is -2.39. The third kappa shape index (κ3) is 6.00. The SMILES string of the molecule is CCCCN1C/C=C\CCC(=O)N[C@H](C)[C@@H](c2ccccc2)OC(=O)[C@@H]2[C@@H]3C=C[C@]4(O3)[C@H](C1=O)N([C@H](CO)c1ccccc1)C(=O)[C@@H]24. The summed E-state index contributed by atoms with van der Waals surface area (Å²) in [4.78, 5) is 59.9. The molecule has 0 aliphatic carbocycles. The van der Waals surface area contributed by atoms with E-state index < -0.39 is 66.3 Å². The maximum Gasteiger partial charge on any atom is 0.313 e. The van der Waals surface area contributed by atoms with Crippen molar-refractivity contribution in [2.24, 2.45) is 11.8 Å². The van der Waals surface area contributed by atoms with E-state index in [0.717, 1.165) is 12.8 Å². The average Bonchev–Trinajstić information content (AvgIpc) is 3.73. The van der Waals surface area contributed by atoms with Gasteiger partial charge in [0.2, 0.25) is 17.7 Å². The Morgan fingerprint density at radius 1 is 1.00 bits per heavy atom. The fourth-order valence-electron chi connectivity index (χ4n) is 7.58. The first-order chi connectivity index (χ1) is 22.8. The van der Waals surface area contributed by atoms with Gasteiger partial charge in [-0.3, -0.25) is 19.2 Å². The first-order valence-electron chi connectivity index (χ1n) is 16.6. The van der Waals surface area contributed by atoms with E-state index in [2.05, 4.69) is 5.32 Å². The second kappa shape index (κ2) is 13.8. The maximum atomic E-state index is 14.8. The molecule has 4 aliphatic rings. The van der Waals surface area contributed by atoms with Gasteiger partial charge in [0.05, 0.1) is 30.7 Å². The molecule has 2 saturated heterocycles. The molecule has 0 saturated carbocycles. The molecular formula is C37H43N3O7. The number of hydrogen-bond acceptors (Lipinski definition) is 7. The maximum absolute atomic E-state index is 14.8. The van der Waals surface area contributed by atoms with Crippen LogP contribution < -0.4 is 5.32 Å². The van der Waals surface area contributed by atoms with E-state index in [-0.39, 0.29) is 24.8 Å². The number of fused-ring (bicyclic) bond motifs is 2. The number of carbonyl (C=O) groups excluding carboxylic acids is 4. The Balaban J connectivity index is 1.46. The van der Waals surface area contributed by atoms with E-state index in [1.165, 1.54) is 4.90 Å². The van der Waals surface area contributed by atoms with Crippen LogP contribution >= 0.6 is 0 Å². The second-order valence-corrected chi connectivity index (χ2v) is 12.8. The van der Waals surface area contributed by atoms with Crippen LogP contribution in [0.1, 0.15) is 62.8 Å². The molecular weight excluding hydrogens is 598 g/mol. The summed E-state index contributed by atoms with van der Waals surface area (Å²) >= 11 is 0. The number of allylic oxidation sites excluding steroid dienone is 1. The molecule has 2 N–H and O–H groups in total. The molecule has 6 rings (SSSR count). The predicted molar refractivity (Wildman–Crippen MR) is 173 cm³/mol. The first-order valence-corrected chi connectivity index (χ1v) is 16.6. The highest BCUT2D eigenvalue weighted by atomic mass is 16.6. The number of benzene rings is 2. The van der Waals surface area contributed by atoms with E-state index >= 15 is 0 Å². The number of likely N-dealkylation sites (tertiary alicyclic amines) is 1. The van der Waals surface area contributed by atoms with Crippen molar-refractivity contribution in [1.29, 1.82) is 0 Å². The van der Waals surface area contributed by atoms with Gasteiger partial charge in [0.1, 0.15) is 23.7 Å². The van der Waals surface area contributed by atoms with Crippen LogP contribution in [0.3, 0.4) is 0 Å². The van der Waals surface area contributed by atoms with Crippen LogP contribution in [-0.4, -0.2) is 82.1 Å². The number of aliphatic hydroxyl groups excluding tert-OH is 1. The van der Waals surface area contributed by atoms with E-state index in [9.17, 15) is 24.3 Å². The number of amides is 3. The van der Waals surface area contributed by atoms with Gasteiger partial charge in [0.15, 0.2) is 0 Å². The summed E-state index contributed by atoms with van der Waals surface area (Å²) in [6.07, 6.45) is 7.96. The normalized spacial score (nSPS) is 32.2. The standard InChI is InChI=1S/C37H43N3O7/c1-3-4-21-39-22-13-7-12-18-29(42)38-24(2)32(26-16-10-6-11-17-26)46-36(45)30-28-19-20-37(47-28)31(30)34(43)40(33(37)35(39)44)27(23-41)25-14-8-5-9-15-25/h5-11,13-17,19-20,24,27-28,30-33,41H,3-4,12,18,21-23H2,1-2H3,(H,38,42)/b13-7-/t24-,27-,28+,30-,31-,32+,33+,37-/m1/s1. The molecule has 1 spiro atoms. The summed E-state index contributed by atoms with van der Waals surface area (Å²) < 4.78 is 12.8. The number of unbranched alkanes of at least 4 members (excludes halogenated alkanes) is 1. The molecule has 0 aromatic heterocycles. The van der Waals surface area contributed by atoms with Gasteiger partial charge < -0.3 is 29.7 Å². The van der Waals surface area contributed by atoms with Crippen LogP contribution in [0.25, 0.3) is 0 Å². The topological polar surface area (TPSA) is 125 Å². The van der Waals surface area contributed by atoms with Gasteiger partial charge in [-0.15, -0.1) is 0 Å². The monoisotopic (exact) mass is 641 g/mol. The zero-order valence-electron chi connectivity index (χ0n) is 26.9. The van der Waals surface area contributed by atoms with E-state index in [1.54, 1.807) is 24.0 Å². The molecule has 2 aromatic rings. The number of esters is 1. The molecule has 4 heterocycles. The van der Waals surface area contributed by atoms with Gasteiger partial charge >= 0.3 is 5.97 Å². The molecule has 2 aromatic carbocycles. The fraction of sp³-hybridized carbons (Fsp3) is 0.459. The summed E-state index contributed by atoms with van der Waals surface area (Å²) in [5.74, 6) is -3.66. The van der Waals surface area contributed by atoms with E-state index in [4.69, 9.17) is 9.47 Å². The number of carbonyl (C=O) groups is 4. The van der Waals surface area contributed by atoms with Crippen molar-refractivity contribution in [3.05, 3.63) is 96.1 Å². The van der Waals surface area contributed by atoms with Crippen LogP contribution in [0.5, 0.6) is 0 Å². The van der Waals surface area contributed by atoms with Gasteiger partial charge in [-0.05, 0) is 30.9 Å². The predicted octanol–water partition coefficient (Wildman–Crippen LogP) is 3.64. The number of nitrogens with zero attached hydrogens (tertiary/aromatic N) is 2. The largest absolute Gasteiger partial charge is 0.455 e. The molecule has 10 nitrogen and oxygen atoms in total. The summed E-state index contributed by atoms with van der Waals surface area (Å²) in [5.41, 5.74) is -0.0511. The minimum atomic E-state index is -1.42. The molecule has 47 heavy (non-hydrogen) atoms. The van der Waals surface area contributed by atoms with E-state index in [1.807, 2.05) is 79.7 Å². The van der Waals surface area contributed by atoms with E-state index in [0.29, 0.717) is 24.1 Å². The van der Waals surface area contributed by atoms with Crippen molar-refractivity contribution < 1.29 is 33.8 Å². The number of rotatable bonds is 7. The van der Waals surface area contributed by atoms with Crippen LogP contribution in [0.4, 0.5) is 0 Å². The van der Waals surface area contributed by atoms with Gasteiger partial charge in [-0.25, -0.2) is 0 Å². The Bertz CT molecular complexity index is 1530. The number of aliphatic hydroxyl groups is 1. The molecule has 2 fully saturated rings. The Hall–Kier alpha value is -4.28. The van der Waals surface area contributed by atoms with Crippen molar-refractivity contribution >= 4 is 23.7 Å². The highest BCUT2D eigenvalue weighted by molar-refractivity contribution is 5.99. The molecule has 4 aliphatic heterocycles. The lowest BCUT2D eigenvalue weighted by Crippen LogP contribution is -2.56. The third-order valence-corrected chi connectivity index (χ3v) is 9.85. The third-order valence-electron chi connectivity index (χ3n) is 9.85. The minimum Gasteiger partial charge on any atom is -0.455 e. The van der Waals surface area contributed by atoms with Crippen molar-refractivity contribution in [2.75, 3.05) is 19.7 Å². The highest BCUT2D eigenvalue weighted by Gasteiger charge is 2.74. The molecule has 248 valence electrons. The summed E-state index contributed by atoms with van der Waals surface area (Å²) in [6.45, 7) is 4.14. The minimum absolute atomic E-state index is 0.187. The van der Waals surface area contributed by atoms with Gasteiger partial charge in [0, 0.05) is 19.5 Å². The van der Waals surface area contributed by atoms with Crippen molar-refractivity contribution in [2.45, 2.75) is 75.5 Å².